The molecule has 0 bridgehead atoms. The Balaban J connectivity index is 2.17. The van der Waals surface area contributed by atoms with E-state index in [2.05, 4.69) is 15.3 Å². The van der Waals surface area contributed by atoms with Gasteiger partial charge in [-0.3, -0.25) is 0 Å². The first-order chi connectivity index (χ1) is 8.16. The normalized spacial score (nSPS) is 12.1. The van der Waals surface area contributed by atoms with Crippen molar-refractivity contribution in [2.75, 3.05) is 11.1 Å². The molecule has 0 radical (unpaired) electrons. The Labute approximate surface area is 105 Å². The van der Waals surface area contributed by atoms with E-state index in [1.54, 1.807) is 6.20 Å². The molecule has 1 aromatic carbocycles. The predicted molar refractivity (Wildman–Crippen MR) is 69.9 cm³/mol. The first kappa shape index (κ1) is 11.7. The molecule has 0 aliphatic carbocycles. The third-order valence-corrected chi connectivity index (χ3v) is 2.68. The van der Waals surface area contributed by atoms with Gasteiger partial charge in [0.2, 0.25) is 0 Å². The van der Waals surface area contributed by atoms with E-state index in [0.29, 0.717) is 16.5 Å². The molecule has 1 atom stereocenters. The van der Waals surface area contributed by atoms with Crippen LogP contribution in [0.2, 0.25) is 5.02 Å². The molecule has 0 amide bonds. The minimum Gasteiger partial charge on any atom is -0.394 e. The summed E-state index contributed by atoms with van der Waals surface area (Å²) in [5, 5.41) is 3.93. The molecule has 17 heavy (non-hydrogen) atoms. The van der Waals surface area contributed by atoms with Gasteiger partial charge < -0.3 is 11.1 Å². The van der Waals surface area contributed by atoms with Gasteiger partial charge in [0.25, 0.3) is 0 Å². The first-order valence-electron chi connectivity index (χ1n) is 5.24. The molecule has 0 spiro atoms. The van der Waals surface area contributed by atoms with E-state index in [-0.39, 0.29) is 6.04 Å². The molecule has 0 saturated carbocycles. The van der Waals surface area contributed by atoms with Gasteiger partial charge in [-0.2, -0.15) is 0 Å². The van der Waals surface area contributed by atoms with Crippen LogP contribution in [-0.2, 0) is 0 Å². The Kier molecular flexibility index (Phi) is 3.44. The highest BCUT2D eigenvalue weighted by Gasteiger charge is 2.08. The number of hydrogen-bond donors (Lipinski definition) is 2. The van der Waals surface area contributed by atoms with Crippen molar-refractivity contribution >= 4 is 23.1 Å². The maximum Gasteiger partial charge on any atom is 0.153 e. The van der Waals surface area contributed by atoms with Crippen molar-refractivity contribution in [3.8, 4) is 0 Å². The monoisotopic (exact) mass is 248 g/mol. The van der Waals surface area contributed by atoms with E-state index in [1.165, 1.54) is 6.33 Å². The Morgan fingerprint density at radius 1 is 1.41 bits per heavy atom. The lowest BCUT2D eigenvalue weighted by Gasteiger charge is -2.16. The number of hydrogen-bond acceptors (Lipinski definition) is 4. The van der Waals surface area contributed by atoms with Gasteiger partial charge in [-0.15, -0.1) is 0 Å². The summed E-state index contributed by atoms with van der Waals surface area (Å²) in [6.07, 6.45) is 3.03. The summed E-state index contributed by atoms with van der Waals surface area (Å²) >= 11 is 5.95. The molecule has 2 rings (SSSR count). The molecule has 2 aromatic rings. The number of nitrogens with zero attached hydrogens (tertiary/aromatic N) is 2. The standard InChI is InChI=1S/C12H13ClN4/c1-8(9-3-2-4-10(13)5-9)17-12-11(14)6-15-7-16-12/h2-8H,14H2,1H3,(H,15,16,17). The molecule has 5 heteroatoms. The Hall–Kier alpha value is -1.81. The lowest BCUT2D eigenvalue weighted by Crippen LogP contribution is -2.10. The molecule has 1 unspecified atom stereocenters. The van der Waals surface area contributed by atoms with Crippen LogP contribution in [0.4, 0.5) is 11.5 Å². The zero-order valence-corrected chi connectivity index (χ0v) is 10.1. The van der Waals surface area contributed by atoms with E-state index in [1.807, 2.05) is 31.2 Å². The highest BCUT2D eigenvalue weighted by molar-refractivity contribution is 6.30. The minimum absolute atomic E-state index is 0.0749. The number of nitrogens with two attached hydrogens (primary N) is 1. The van der Waals surface area contributed by atoms with Crippen LogP contribution >= 0.6 is 11.6 Å². The van der Waals surface area contributed by atoms with Gasteiger partial charge in [0.1, 0.15) is 6.33 Å². The van der Waals surface area contributed by atoms with Crippen LogP contribution in [0.3, 0.4) is 0 Å². The SMILES string of the molecule is CC(Nc1ncncc1N)c1cccc(Cl)c1. The molecule has 0 aliphatic rings. The highest BCUT2D eigenvalue weighted by atomic mass is 35.5. The lowest BCUT2D eigenvalue weighted by molar-refractivity contribution is 0.873. The maximum absolute atomic E-state index is 5.95. The van der Waals surface area contributed by atoms with Gasteiger partial charge in [-0.05, 0) is 24.6 Å². The van der Waals surface area contributed by atoms with Crippen molar-refractivity contribution < 1.29 is 0 Å². The van der Waals surface area contributed by atoms with Crippen LogP contribution in [0.5, 0.6) is 0 Å². The highest BCUT2D eigenvalue weighted by Crippen LogP contribution is 2.22. The fourth-order valence-electron chi connectivity index (χ4n) is 1.53. The van der Waals surface area contributed by atoms with Crippen LogP contribution in [0.25, 0.3) is 0 Å². The third-order valence-electron chi connectivity index (χ3n) is 2.44. The van der Waals surface area contributed by atoms with Crippen molar-refractivity contribution in [1.82, 2.24) is 9.97 Å². The van der Waals surface area contributed by atoms with Crippen LogP contribution in [-0.4, -0.2) is 9.97 Å². The first-order valence-corrected chi connectivity index (χ1v) is 5.62. The van der Waals surface area contributed by atoms with Crippen molar-refractivity contribution in [1.29, 1.82) is 0 Å². The lowest BCUT2D eigenvalue weighted by atomic mass is 10.1. The Morgan fingerprint density at radius 3 is 2.94 bits per heavy atom. The molecule has 3 N–H and O–H groups in total. The molecule has 1 heterocycles. The maximum atomic E-state index is 5.95. The number of halogens is 1. The molecule has 0 saturated heterocycles. The molecular formula is C12H13ClN4. The predicted octanol–water partition coefficient (Wildman–Crippen LogP) is 2.89. The summed E-state index contributed by atoms with van der Waals surface area (Å²) in [5.74, 6) is 0.632. The van der Waals surface area contributed by atoms with Gasteiger partial charge in [-0.25, -0.2) is 9.97 Å². The Bertz CT molecular complexity index is 515. The molecule has 0 fully saturated rings. The quantitative estimate of drug-likeness (QED) is 0.877. The van der Waals surface area contributed by atoms with Crippen LogP contribution in [0.15, 0.2) is 36.8 Å². The average molecular weight is 249 g/mol. The van der Waals surface area contributed by atoms with Gasteiger partial charge in [0.05, 0.1) is 17.9 Å². The minimum atomic E-state index is 0.0749. The molecule has 1 aromatic heterocycles. The topological polar surface area (TPSA) is 63.8 Å². The van der Waals surface area contributed by atoms with E-state index in [0.717, 1.165) is 5.56 Å². The van der Waals surface area contributed by atoms with E-state index < -0.39 is 0 Å². The largest absolute Gasteiger partial charge is 0.394 e. The van der Waals surface area contributed by atoms with Crippen LogP contribution in [0, 0.1) is 0 Å². The Morgan fingerprint density at radius 2 is 2.24 bits per heavy atom. The summed E-state index contributed by atoms with van der Waals surface area (Å²) in [6.45, 7) is 2.02. The zero-order chi connectivity index (χ0) is 12.3. The van der Waals surface area contributed by atoms with Crippen molar-refractivity contribution in [3.63, 3.8) is 0 Å². The number of rotatable bonds is 3. The fourth-order valence-corrected chi connectivity index (χ4v) is 1.72. The summed E-state index contributed by atoms with van der Waals surface area (Å²) in [5.41, 5.74) is 7.37. The second kappa shape index (κ2) is 5.01. The second-order valence-electron chi connectivity index (χ2n) is 3.75. The summed E-state index contributed by atoms with van der Waals surface area (Å²) in [4.78, 5) is 7.93. The van der Waals surface area contributed by atoms with Crippen molar-refractivity contribution in [2.24, 2.45) is 0 Å². The van der Waals surface area contributed by atoms with E-state index >= 15 is 0 Å². The number of aromatic nitrogens is 2. The van der Waals surface area contributed by atoms with Gasteiger partial charge in [-0.1, -0.05) is 23.7 Å². The fraction of sp³-hybridized carbons (Fsp3) is 0.167. The number of anilines is 2. The number of nitrogens with one attached hydrogen (secondary N) is 1. The molecule has 4 nitrogen and oxygen atoms in total. The van der Waals surface area contributed by atoms with Gasteiger partial charge >= 0.3 is 0 Å². The smallest absolute Gasteiger partial charge is 0.153 e. The van der Waals surface area contributed by atoms with E-state index in [4.69, 9.17) is 17.3 Å². The van der Waals surface area contributed by atoms with E-state index in [9.17, 15) is 0 Å². The molecule has 88 valence electrons. The van der Waals surface area contributed by atoms with Crippen LogP contribution < -0.4 is 11.1 Å². The van der Waals surface area contributed by atoms with Crippen LogP contribution in [0.1, 0.15) is 18.5 Å². The third kappa shape index (κ3) is 2.85. The average Bonchev–Trinajstić information content (AvgIpc) is 2.32. The molecular weight excluding hydrogens is 236 g/mol. The second-order valence-corrected chi connectivity index (χ2v) is 4.18. The van der Waals surface area contributed by atoms with Gasteiger partial charge in [0, 0.05) is 5.02 Å². The molecule has 0 aliphatic heterocycles. The van der Waals surface area contributed by atoms with Gasteiger partial charge in [0.15, 0.2) is 5.82 Å². The summed E-state index contributed by atoms with van der Waals surface area (Å²) in [6, 6.07) is 7.75. The number of benzene rings is 1. The summed E-state index contributed by atoms with van der Waals surface area (Å²) in [7, 11) is 0. The number of nitrogen functional groups attached to an aromatic ring is 1. The zero-order valence-electron chi connectivity index (χ0n) is 9.39. The summed E-state index contributed by atoms with van der Waals surface area (Å²) < 4.78 is 0. The van der Waals surface area contributed by atoms with Crippen molar-refractivity contribution in [2.45, 2.75) is 13.0 Å². The van der Waals surface area contributed by atoms with Crippen molar-refractivity contribution in [3.05, 3.63) is 47.4 Å².